The summed E-state index contributed by atoms with van der Waals surface area (Å²) in [7, 11) is 0. The van der Waals surface area contributed by atoms with Gasteiger partial charge in [0.05, 0.1) is 5.56 Å². The van der Waals surface area contributed by atoms with E-state index < -0.39 is 0 Å². The molecule has 1 aliphatic heterocycles. The van der Waals surface area contributed by atoms with E-state index in [0.29, 0.717) is 31.7 Å². The molecule has 0 spiro atoms. The van der Waals surface area contributed by atoms with Crippen LogP contribution in [0.1, 0.15) is 27.7 Å². The fourth-order valence-corrected chi connectivity index (χ4v) is 5.59. The number of carbonyl (C=O) groups is 2. The Balaban J connectivity index is 1.62. The standard InChI is InChI=1S/C21H22N4O2S2/c1-13-14(2)28-19-18(13)20(23-12-22-19)29-17-7-5-4-6-16(17)21(27)25-10-8-24(9-11-25)15(3)26/h4-7,12H,8-11H2,1-3H3. The molecule has 0 saturated carbocycles. The van der Waals surface area contributed by atoms with E-state index >= 15 is 0 Å². The second-order valence-corrected chi connectivity index (χ2v) is 9.27. The van der Waals surface area contributed by atoms with E-state index in [1.54, 1.807) is 29.5 Å². The Morgan fingerprint density at radius 2 is 1.72 bits per heavy atom. The first kappa shape index (κ1) is 19.8. The van der Waals surface area contributed by atoms with Crippen LogP contribution in [-0.2, 0) is 4.79 Å². The highest BCUT2D eigenvalue weighted by Gasteiger charge is 2.25. The minimum absolute atomic E-state index is 0.000164. The number of amides is 2. The molecule has 1 aromatic carbocycles. The van der Waals surface area contributed by atoms with Gasteiger partial charge in [-0.15, -0.1) is 11.3 Å². The topological polar surface area (TPSA) is 66.4 Å². The molecule has 1 fully saturated rings. The molecule has 8 heteroatoms. The van der Waals surface area contributed by atoms with Crippen molar-refractivity contribution in [3.63, 3.8) is 0 Å². The molecule has 1 saturated heterocycles. The van der Waals surface area contributed by atoms with Gasteiger partial charge in [0.1, 0.15) is 16.2 Å². The molecule has 6 nitrogen and oxygen atoms in total. The van der Waals surface area contributed by atoms with Crippen molar-refractivity contribution in [2.24, 2.45) is 0 Å². The van der Waals surface area contributed by atoms with Crippen LogP contribution in [0.3, 0.4) is 0 Å². The van der Waals surface area contributed by atoms with Gasteiger partial charge in [-0.2, -0.15) is 0 Å². The zero-order chi connectivity index (χ0) is 20.5. The molecule has 0 N–H and O–H groups in total. The highest BCUT2D eigenvalue weighted by Crippen LogP contribution is 2.38. The van der Waals surface area contributed by atoms with E-state index in [4.69, 9.17) is 0 Å². The fourth-order valence-electron chi connectivity index (χ4n) is 3.46. The zero-order valence-electron chi connectivity index (χ0n) is 16.6. The van der Waals surface area contributed by atoms with Crippen LogP contribution in [0.15, 0.2) is 40.5 Å². The molecule has 2 amide bonds. The molecule has 0 bridgehead atoms. The number of thiophene rings is 1. The van der Waals surface area contributed by atoms with Crippen molar-refractivity contribution in [1.29, 1.82) is 0 Å². The number of nitrogens with zero attached hydrogens (tertiary/aromatic N) is 4. The van der Waals surface area contributed by atoms with E-state index in [2.05, 4.69) is 23.8 Å². The number of piperazine rings is 1. The Morgan fingerprint density at radius 1 is 1.03 bits per heavy atom. The summed E-state index contributed by atoms with van der Waals surface area (Å²) in [6.45, 7) is 8.02. The molecule has 4 rings (SSSR count). The number of hydrogen-bond acceptors (Lipinski definition) is 6. The van der Waals surface area contributed by atoms with Gasteiger partial charge in [-0.25, -0.2) is 9.97 Å². The van der Waals surface area contributed by atoms with Crippen LogP contribution in [0.5, 0.6) is 0 Å². The van der Waals surface area contributed by atoms with E-state index in [0.717, 1.165) is 20.1 Å². The molecule has 3 heterocycles. The maximum Gasteiger partial charge on any atom is 0.255 e. The Labute approximate surface area is 177 Å². The lowest BCUT2D eigenvalue weighted by atomic mass is 10.2. The van der Waals surface area contributed by atoms with Crippen LogP contribution in [0.25, 0.3) is 10.2 Å². The number of rotatable bonds is 3. The van der Waals surface area contributed by atoms with Crippen LogP contribution in [0.4, 0.5) is 0 Å². The number of aryl methyl sites for hydroxylation is 2. The van der Waals surface area contributed by atoms with Crippen molar-refractivity contribution in [1.82, 2.24) is 19.8 Å². The monoisotopic (exact) mass is 426 g/mol. The first-order chi connectivity index (χ1) is 14.0. The normalized spacial score (nSPS) is 14.4. The number of aromatic nitrogens is 2. The Morgan fingerprint density at radius 3 is 2.45 bits per heavy atom. The van der Waals surface area contributed by atoms with Crippen molar-refractivity contribution >= 4 is 45.1 Å². The predicted molar refractivity (Wildman–Crippen MR) is 116 cm³/mol. The summed E-state index contributed by atoms with van der Waals surface area (Å²) in [5, 5.41) is 1.94. The van der Waals surface area contributed by atoms with Crippen molar-refractivity contribution in [2.45, 2.75) is 30.7 Å². The van der Waals surface area contributed by atoms with Crippen molar-refractivity contribution in [3.8, 4) is 0 Å². The van der Waals surface area contributed by atoms with E-state index in [1.165, 1.54) is 22.2 Å². The quantitative estimate of drug-likeness (QED) is 0.597. The van der Waals surface area contributed by atoms with E-state index in [-0.39, 0.29) is 11.8 Å². The zero-order valence-corrected chi connectivity index (χ0v) is 18.3. The molecule has 0 radical (unpaired) electrons. The van der Waals surface area contributed by atoms with Crippen LogP contribution >= 0.6 is 23.1 Å². The maximum absolute atomic E-state index is 13.2. The number of benzene rings is 1. The minimum Gasteiger partial charge on any atom is -0.339 e. The van der Waals surface area contributed by atoms with Gasteiger partial charge in [-0.1, -0.05) is 23.9 Å². The molecule has 0 aliphatic carbocycles. The molecular weight excluding hydrogens is 404 g/mol. The molecular formula is C21H22N4O2S2. The molecule has 0 unspecified atom stereocenters. The van der Waals surface area contributed by atoms with Gasteiger partial charge in [0.2, 0.25) is 5.91 Å². The highest BCUT2D eigenvalue weighted by atomic mass is 32.2. The highest BCUT2D eigenvalue weighted by molar-refractivity contribution is 7.99. The van der Waals surface area contributed by atoms with E-state index in [9.17, 15) is 9.59 Å². The van der Waals surface area contributed by atoms with Crippen LogP contribution in [-0.4, -0.2) is 57.8 Å². The van der Waals surface area contributed by atoms with Gasteiger partial charge in [-0.3, -0.25) is 9.59 Å². The molecule has 3 aromatic rings. The molecule has 0 atom stereocenters. The minimum atomic E-state index is -0.000164. The summed E-state index contributed by atoms with van der Waals surface area (Å²) < 4.78 is 0. The van der Waals surface area contributed by atoms with E-state index in [1.807, 2.05) is 29.2 Å². The molecule has 150 valence electrons. The third kappa shape index (κ3) is 3.86. The lowest BCUT2D eigenvalue weighted by molar-refractivity contribution is -0.130. The summed E-state index contributed by atoms with van der Waals surface area (Å²) in [5.74, 6) is 0.0575. The molecule has 2 aromatic heterocycles. The van der Waals surface area contributed by atoms with Gasteiger partial charge in [0.15, 0.2) is 0 Å². The maximum atomic E-state index is 13.2. The first-order valence-electron chi connectivity index (χ1n) is 9.48. The summed E-state index contributed by atoms with van der Waals surface area (Å²) in [6, 6.07) is 7.66. The predicted octanol–water partition coefficient (Wildman–Crippen LogP) is 3.76. The summed E-state index contributed by atoms with van der Waals surface area (Å²) in [5.41, 5.74) is 1.86. The number of carbonyl (C=O) groups excluding carboxylic acids is 2. The summed E-state index contributed by atoms with van der Waals surface area (Å²) in [4.78, 5) is 40.4. The molecule has 29 heavy (non-hydrogen) atoms. The summed E-state index contributed by atoms with van der Waals surface area (Å²) >= 11 is 3.18. The van der Waals surface area contributed by atoms with Gasteiger partial charge in [0.25, 0.3) is 5.91 Å². The average molecular weight is 427 g/mol. The van der Waals surface area contributed by atoms with Crippen LogP contribution in [0.2, 0.25) is 0 Å². The third-order valence-electron chi connectivity index (χ3n) is 5.27. The Bertz CT molecular complexity index is 1090. The first-order valence-corrected chi connectivity index (χ1v) is 11.1. The lowest BCUT2D eigenvalue weighted by Gasteiger charge is -2.34. The second-order valence-electron chi connectivity index (χ2n) is 7.04. The molecule has 1 aliphatic rings. The van der Waals surface area contributed by atoms with Gasteiger partial charge >= 0.3 is 0 Å². The SMILES string of the molecule is CC(=O)N1CCN(C(=O)c2ccccc2Sc2ncnc3sc(C)c(C)c23)CC1. The number of hydrogen-bond donors (Lipinski definition) is 0. The van der Waals surface area contributed by atoms with Crippen molar-refractivity contribution in [3.05, 3.63) is 46.6 Å². The van der Waals surface area contributed by atoms with Crippen molar-refractivity contribution in [2.75, 3.05) is 26.2 Å². The Kier molecular flexibility index (Phi) is 5.56. The van der Waals surface area contributed by atoms with Gasteiger partial charge in [0, 0.05) is 48.3 Å². The van der Waals surface area contributed by atoms with Crippen LogP contribution in [0, 0.1) is 13.8 Å². The third-order valence-corrected chi connectivity index (χ3v) is 7.46. The second kappa shape index (κ2) is 8.12. The largest absolute Gasteiger partial charge is 0.339 e. The van der Waals surface area contributed by atoms with Gasteiger partial charge in [-0.05, 0) is 31.5 Å². The summed E-state index contributed by atoms with van der Waals surface area (Å²) in [6.07, 6.45) is 1.59. The lowest BCUT2D eigenvalue weighted by Crippen LogP contribution is -2.50. The number of fused-ring (bicyclic) bond motifs is 1. The van der Waals surface area contributed by atoms with Crippen LogP contribution < -0.4 is 0 Å². The Hall–Kier alpha value is -2.45. The fraction of sp³-hybridized carbons (Fsp3) is 0.333. The van der Waals surface area contributed by atoms with Gasteiger partial charge < -0.3 is 9.80 Å². The average Bonchev–Trinajstić information content (AvgIpc) is 3.02. The smallest absolute Gasteiger partial charge is 0.255 e. The van der Waals surface area contributed by atoms with Crippen molar-refractivity contribution < 1.29 is 9.59 Å².